The van der Waals surface area contributed by atoms with E-state index >= 15 is 0 Å². The average molecular weight is 288 g/mol. The Balaban J connectivity index is 2.02. The van der Waals surface area contributed by atoms with Gasteiger partial charge in [-0.2, -0.15) is 10.1 Å². The van der Waals surface area contributed by atoms with Gasteiger partial charge in [-0.25, -0.2) is 4.79 Å². The van der Waals surface area contributed by atoms with Crippen LogP contribution in [0.25, 0.3) is 33.4 Å². The summed E-state index contributed by atoms with van der Waals surface area (Å²) >= 11 is 0. The first-order valence-electron chi connectivity index (χ1n) is 6.90. The SMILES string of the molecule is O=c1nc(-c2ccccc2)c2cc(-c3ccn[nH]3)ccc2[nH]1. The van der Waals surface area contributed by atoms with E-state index in [2.05, 4.69) is 20.2 Å². The third-order valence-electron chi connectivity index (χ3n) is 3.59. The van der Waals surface area contributed by atoms with Gasteiger partial charge in [-0.05, 0) is 18.2 Å². The van der Waals surface area contributed by atoms with Gasteiger partial charge in [0, 0.05) is 22.7 Å². The van der Waals surface area contributed by atoms with Crippen molar-refractivity contribution in [3.05, 3.63) is 71.3 Å². The zero-order chi connectivity index (χ0) is 14.9. The molecule has 2 aromatic carbocycles. The summed E-state index contributed by atoms with van der Waals surface area (Å²) < 4.78 is 0. The van der Waals surface area contributed by atoms with Gasteiger partial charge in [0.2, 0.25) is 0 Å². The number of hydrogen-bond donors (Lipinski definition) is 2. The van der Waals surface area contributed by atoms with Crippen molar-refractivity contribution in [2.24, 2.45) is 0 Å². The predicted octanol–water partition coefficient (Wildman–Crippen LogP) is 2.98. The molecular weight excluding hydrogens is 276 g/mol. The normalized spacial score (nSPS) is 10.9. The van der Waals surface area contributed by atoms with E-state index in [-0.39, 0.29) is 5.69 Å². The van der Waals surface area contributed by atoms with E-state index in [9.17, 15) is 4.79 Å². The van der Waals surface area contributed by atoms with Crippen LogP contribution in [0.3, 0.4) is 0 Å². The largest absolute Gasteiger partial charge is 0.345 e. The molecule has 106 valence electrons. The van der Waals surface area contributed by atoms with Crippen LogP contribution in [0.5, 0.6) is 0 Å². The first-order chi connectivity index (χ1) is 10.8. The molecular formula is C17H12N4O. The molecule has 0 aliphatic rings. The molecule has 0 atom stereocenters. The molecule has 0 aliphatic heterocycles. The van der Waals surface area contributed by atoms with Crippen molar-refractivity contribution in [1.29, 1.82) is 0 Å². The van der Waals surface area contributed by atoms with Crippen molar-refractivity contribution in [3.8, 4) is 22.5 Å². The van der Waals surface area contributed by atoms with Gasteiger partial charge in [-0.3, -0.25) is 5.10 Å². The van der Waals surface area contributed by atoms with Gasteiger partial charge in [0.1, 0.15) is 0 Å². The topological polar surface area (TPSA) is 74.4 Å². The van der Waals surface area contributed by atoms with E-state index in [1.807, 2.05) is 54.6 Å². The van der Waals surface area contributed by atoms with Gasteiger partial charge < -0.3 is 4.98 Å². The van der Waals surface area contributed by atoms with Crippen LogP contribution in [0, 0.1) is 0 Å². The van der Waals surface area contributed by atoms with Crippen molar-refractivity contribution < 1.29 is 0 Å². The molecule has 0 bridgehead atoms. The number of hydrogen-bond acceptors (Lipinski definition) is 3. The lowest BCUT2D eigenvalue weighted by Crippen LogP contribution is -2.11. The van der Waals surface area contributed by atoms with E-state index in [0.717, 1.165) is 27.7 Å². The van der Waals surface area contributed by atoms with Gasteiger partial charge in [0.25, 0.3) is 0 Å². The fourth-order valence-electron chi connectivity index (χ4n) is 2.55. The minimum atomic E-state index is -0.347. The highest BCUT2D eigenvalue weighted by Gasteiger charge is 2.09. The fourth-order valence-corrected chi connectivity index (χ4v) is 2.55. The summed E-state index contributed by atoms with van der Waals surface area (Å²) in [7, 11) is 0. The van der Waals surface area contributed by atoms with Crippen LogP contribution >= 0.6 is 0 Å². The maximum absolute atomic E-state index is 11.8. The molecule has 4 aromatic rings. The van der Waals surface area contributed by atoms with E-state index in [4.69, 9.17) is 0 Å². The van der Waals surface area contributed by atoms with E-state index in [1.165, 1.54) is 0 Å². The van der Waals surface area contributed by atoms with Crippen LogP contribution in [-0.2, 0) is 0 Å². The van der Waals surface area contributed by atoms with Gasteiger partial charge >= 0.3 is 5.69 Å². The maximum Gasteiger partial charge on any atom is 0.345 e. The highest BCUT2D eigenvalue weighted by atomic mass is 16.1. The van der Waals surface area contributed by atoms with Crippen LogP contribution in [-0.4, -0.2) is 20.2 Å². The molecule has 5 heteroatoms. The minimum Gasteiger partial charge on any atom is -0.305 e. The summed E-state index contributed by atoms with van der Waals surface area (Å²) in [6, 6.07) is 17.5. The number of aromatic amines is 2. The second-order valence-corrected chi connectivity index (χ2v) is 4.99. The van der Waals surface area contributed by atoms with E-state index < -0.39 is 0 Å². The van der Waals surface area contributed by atoms with Gasteiger partial charge in [-0.15, -0.1) is 0 Å². The highest BCUT2D eigenvalue weighted by molar-refractivity contribution is 5.94. The number of benzene rings is 2. The molecule has 0 aliphatic carbocycles. The molecule has 0 saturated heterocycles. The van der Waals surface area contributed by atoms with E-state index in [1.54, 1.807) is 6.20 Å². The Hall–Kier alpha value is -3.21. The molecule has 0 amide bonds. The first-order valence-corrected chi connectivity index (χ1v) is 6.90. The molecule has 2 N–H and O–H groups in total. The number of rotatable bonds is 2. The Morgan fingerprint density at radius 3 is 2.55 bits per heavy atom. The molecule has 2 heterocycles. The number of aromatic nitrogens is 4. The lowest BCUT2D eigenvalue weighted by molar-refractivity contribution is 1.09. The molecule has 22 heavy (non-hydrogen) atoms. The summed E-state index contributed by atoms with van der Waals surface area (Å²) in [6.45, 7) is 0. The summed E-state index contributed by atoms with van der Waals surface area (Å²) in [5, 5.41) is 7.82. The lowest BCUT2D eigenvalue weighted by Gasteiger charge is -2.07. The van der Waals surface area contributed by atoms with Crippen LogP contribution in [0.4, 0.5) is 0 Å². The predicted molar refractivity (Wildman–Crippen MR) is 85.4 cm³/mol. The Labute approximate surface area is 125 Å². The van der Waals surface area contributed by atoms with E-state index in [0.29, 0.717) is 5.69 Å². The Bertz CT molecular complexity index is 988. The Morgan fingerprint density at radius 2 is 1.77 bits per heavy atom. The standard InChI is InChI=1S/C17H12N4O/c22-17-19-15-7-6-12(14-8-9-18-21-14)10-13(15)16(20-17)11-4-2-1-3-5-11/h1-10H,(H,18,21)(H,19,20,22). The number of H-pyrrole nitrogens is 2. The second-order valence-electron chi connectivity index (χ2n) is 4.99. The average Bonchev–Trinajstić information content (AvgIpc) is 3.09. The molecule has 0 fully saturated rings. The summed E-state index contributed by atoms with van der Waals surface area (Å²) in [4.78, 5) is 18.7. The first kappa shape index (κ1) is 12.5. The molecule has 5 nitrogen and oxygen atoms in total. The third kappa shape index (κ3) is 2.09. The van der Waals surface area contributed by atoms with Crippen molar-refractivity contribution >= 4 is 10.9 Å². The van der Waals surface area contributed by atoms with Crippen molar-refractivity contribution in [2.75, 3.05) is 0 Å². The molecule has 4 rings (SSSR count). The van der Waals surface area contributed by atoms with Crippen LogP contribution in [0.1, 0.15) is 0 Å². The van der Waals surface area contributed by atoms with Crippen molar-refractivity contribution in [2.45, 2.75) is 0 Å². The highest BCUT2D eigenvalue weighted by Crippen LogP contribution is 2.28. The number of nitrogens with one attached hydrogen (secondary N) is 2. The number of nitrogens with zero attached hydrogens (tertiary/aromatic N) is 2. The molecule has 0 unspecified atom stereocenters. The molecule has 0 saturated carbocycles. The number of fused-ring (bicyclic) bond motifs is 1. The molecule has 0 spiro atoms. The van der Waals surface area contributed by atoms with Gasteiger partial charge in [-0.1, -0.05) is 36.4 Å². The monoisotopic (exact) mass is 288 g/mol. The Morgan fingerprint density at radius 1 is 0.909 bits per heavy atom. The maximum atomic E-state index is 11.8. The zero-order valence-electron chi connectivity index (χ0n) is 11.6. The zero-order valence-corrected chi connectivity index (χ0v) is 11.6. The van der Waals surface area contributed by atoms with Crippen molar-refractivity contribution in [1.82, 2.24) is 20.2 Å². The molecule has 2 aromatic heterocycles. The lowest BCUT2D eigenvalue weighted by atomic mass is 10.0. The van der Waals surface area contributed by atoms with Crippen LogP contribution < -0.4 is 5.69 Å². The third-order valence-corrected chi connectivity index (χ3v) is 3.59. The molecule has 0 radical (unpaired) electrons. The van der Waals surface area contributed by atoms with Crippen molar-refractivity contribution in [3.63, 3.8) is 0 Å². The summed E-state index contributed by atoms with van der Waals surface area (Å²) in [5.41, 5.74) is 3.94. The fraction of sp³-hybridized carbons (Fsp3) is 0. The summed E-state index contributed by atoms with van der Waals surface area (Å²) in [6.07, 6.45) is 1.71. The van der Waals surface area contributed by atoms with Gasteiger partial charge in [0.15, 0.2) is 0 Å². The Kier molecular flexibility index (Phi) is 2.83. The summed E-state index contributed by atoms with van der Waals surface area (Å²) in [5.74, 6) is 0. The smallest absolute Gasteiger partial charge is 0.305 e. The quantitative estimate of drug-likeness (QED) is 0.595. The minimum absolute atomic E-state index is 0.347. The van der Waals surface area contributed by atoms with Gasteiger partial charge in [0.05, 0.1) is 16.9 Å². The van der Waals surface area contributed by atoms with Crippen LogP contribution in [0.15, 0.2) is 65.6 Å². The second kappa shape index (κ2) is 4.96. The van der Waals surface area contributed by atoms with Crippen LogP contribution in [0.2, 0.25) is 0 Å².